The molecule has 2 saturated heterocycles. The Kier molecular flexibility index (Phi) is 6.88. The van der Waals surface area contributed by atoms with Crippen LogP contribution in [0, 0.1) is 11.3 Å². The molecule has 9 nitrogen and oxygen atoms in total. The molecule has 1 unspecified atom stereocenters. The van der Waals surface area contributed by atoms with Crippen LogP contribution < -0.4 is 20.3 Å². The van der Waals surface area contributed by atoms with Crippen molar-refractivity contribution in [1.82, 2.24) is 20.3 Å². The van der Waals surface area contributed by atoms with E-state index in [0.29, 0.717) is 23.9 Å². The first kappa shape index (κ1) is 23.8. The maximum absolute atomic E-state index is 14.2. The predicted octanol–water partition coefficient (Wildman–Crippen LogP) is 3.37. The summed E-state index contributed by atoms with van der Waals surface area (Å²) in [5.74, 6) is -2.22. The molecule has 0 amide bonds. The van der Waals surface area contributed by atoms with Gasteiger partial charge < -0.3 is 25.0 Å². The van der Waals surface area contributed by atoms with E-state index in [0.717, 1.165) is 37.7 Å². The highest BCUT2D eigenvalue weighted by Crippen LogP contribution is 2.31. The average molecular weight is 494 g/mol. The average Bonchev–Trinajstić information content (AvgIpc) is 2.91. The second-order valence-electron chi connectivity index (χ2n) is 8.56. The first-order chi connectivity index (χ1) is 17.5. The minimum atomic E-state index is -3.02. The fourth-order valence-corrected chi connectivity index (χ4v) is 4.17. The Morgan fingerprint density at radius 1 is 1.14 bits per heavy atom. The maximum Gasteiger partial charge on any atom is 0.296 e. The van der Waals surface area contributed by atoms with Gasteiger partial charge in [-0.25, -0.2) is 18.7 Å². The topological polar surface area (TPSA) is 108 Å². The van der Waals surface area contributed by atoms with Crippen LogP contribution >= 0.6 is 0 Å². The van der Waals surface area contributed by atoms with Crippen molar-refractivity contribution in [1.29, 1.82) is 5.26 Å². The SMILES string of the molecule is N#Cc1cc(-c2ncnc(Nc3ccc(N4CCOCC4)cc3)n2)ccc1OC1CCNCC1(F)F. The van der Waals surface area contributed by atoms with E-state index >= 15 is 0 Å². The van der Waals surface area contributed by atoms with Gasteiger partial charge in [-0.2, -0.15) is 10.2 Å². The minimum absolute atomic E-state index is 0.112. The van der Waals surface area contributed by atoms with Crippen molar-refractivity contribution in [2.75, 3.05) is 49.6 Å². The predicted molar refractivity (Wildman–Crippen MR) is 130 cm³/mol. The van der Waals surface area contributed by atoms with Crippen LogP contribution in [0.1, 0.15) is 12.0 Å². The molecule has 2 N–H and O–H groups in total. The Bertz CT molecular complexity index is 1240. The molecular formula is C25H25F2N7O2. The van der Waals surface area contributed by atoms with Crippen molar-refractivity contribution in [2.45, 2.75) is 18.4 Å². The first-order valence-electron chi connectivity index (χ1n) is 11.7. The minimum Gasteiger partial charge on any atom is -0.483 e. The van der Waals surface area contributed by atoms with E-state index in [4.69, 9.17) is 9.47 Å². The second kappa shape index (κ2) is 10.4. The lowest BCUT2D eigenvalue weighted by Gasteiger charge is -2.32. The van der Waals surface area contributed by atoms with Crippen LogP contribution in [0.25, 0.3) is 11.4 Å². The van der Waals surface area contributed by atoms with E-state index in [-0.39, 0.29) is 17.7 Å². The zero-order chi connectivity index (χ0) is 25.0. The molecule has 0 spiro atoms. The molecule has 0 radical (unpaired) electrons. The molecule has 0 aliphatic carbocycles. The summed E-state index contributed by atoms with van der Waals surface area (Å²) in [4.78, 5) is 15.1. The number of nitrogens with one attached hydrogen (secondary N) is 2. The number of benzene rings is 2. The summed E-state index contributed by atoms with van der Waals surface area (Å²) in [6.07, 6.45) is 0.230. The Morgan fingerprint density at radius 3 is 2.69 bits per heavy atom. The highest BCUT2D eigenvalue weighted by molar-refractivity contribution is 5.64. The van der Waals surface area contributed by atoms with Gasteiger partial charge >= 0.3 is 0 Å². The molecule has 3 aromatic rings. The summed E-state index contributed by atoms with van der Waals surface area (Å²) in [7, 11) is 0. The lowest BCUT2D eigenvalue weighted by molar-refractivity contribution is -0.109. The Hall–Kier alpha value is -3.88. The number of hydrogen-bond donors (Lipinski definition) is 2. The number of rotatable bonds is 6. The molecule has 3 heterocycles. The van der Waals surface area contributed by atoms with Crippen LogP contribution in [0.15, 0.2) is 48.8 Å². The van der Waals surface area contributed by atoms with Gasteiger partial charge in [0.15, 0.2) is 11.9 Å². The summed E-state index contributed by atoms with van der Waals surface area (Å²) in [6, 6.07) is 14.7. The van der Waals surface area contributed by atoms with Crippen molar-refractivity contribution in [3.05, 3.63) is 54.4 Å². The number of nitrogens with zero attached hydrogens (tertiary/aromatic N) is 5. The molecule has 186 valence electrons. The van der Waals surface area contributed by atoms with Gasteiger partial charge in [-0.1, -0.05) is 0 Å². The van der Waals surface area contributed by atoms with Crippen molar-refractivity contribution < 1.29 is 18.3 Å². The second-order valence-corrected chi connectivity index (χ2v) is 8.56. The van der Waals surface area contributed by atoms with Crippen LogP contribution in [0.3, 0.4) is 0 Å². The van der Waals surface area contributed by atoms with E-state index in [9.17, 15) is 14.0 Å². The molecule has 5 rings (SSSR count). The van der Waals surface area contributed by atoms with Crippen molar-refractivity contribution in [3.63, 3.8) is 0 Å². The van der Waals surface area contributed by atoms with E-state index in [1.807, 2.05) is 30.3 Å². The molecule has 36 heavy (non-hydrogen) atoms. The highest BCUT2D eigenvalue weighted by atomic mass is 19.3. The maximum atomic E-state index is 14.2. The van der Waals surface area contributed by atoms with Crippen LogP contribution in [0.5, 0.6) is 5.75 Å². The number of alkyl halides is 2. The molecule has 2 fully saturated rings. The van der Waals surface area contributed by atoms with Gasteiger partial charge in [0.25, 0.3) is 5.92 Å². The molecule has 11 heteroatoms. The van der Waals surface area contributed by atoms with Gasteiger partial charge in [-0.05, 0) is 49.0 Å². The molecule has 1 aromatic heterocycles. The normalized spacial score (nSPS) is 19.4. The summed E-state index contributed by atoms with van der Waals surface area (Å²) >= 11 is 0. The summed E-state index contributed by atoms with van der Waals surface area (Å²) < 4.78 is 39.3. The molecule has 2 aliphatic heterocycles. The van der Waals surface area contributed by atoms with Gasteiger partial charge in [0, 0.05) is 36.4 Å². The molecule has 2 aromatic carbocycles. The fourth-order valence-electron chi connectivity index (χ4n) is 4.17. The van der Waals surface area contributed by atoms with Crippen molar-refractivity contribution in [2.24, 2.45) is 0 Å². The Balaban J connectivity index is 1.30. The zero-order valence-corrected chi connectivity index (χ0v) is 19.5. The number of hydrogen-bond acceptors (Lipinski definition) is 9. The lowest BCUT2D eigenvalue weighted by Crippen LogP contribution is -2.52. The number of morpholine rings is 1. The molecule has 2 aliphatic rings. The van der Waals surface area contributed by atoms with Crippen LogP contribution in [-0.4, -0.2) is 66.4 Å². The third kappa shape index (κ3) is 5.35. The monoisotopic (exact) mass is 493 g/mol. The van der Waals surface area contributed by atoms with Crippen LogP contribution in [-0.2, 0) is 4.74 Å². The standard InChI is InChI=1S/C25H25F2N7O2/c26-25(27)15-29-8-7-22(25)36-21-6-1-17(13-18(21)14-28)23-30-16-31-24(33-23)32-19-2-4-20(5-3-19)34-9-11-35-12-10-34/h1-6,13,16,22,29H,7-12,15H2,(H,30,31,32,33). The smallest absolute Gasteiger partial charge is 0.296 e. The third-order valence-electron chi connectivity index (χ3n) is 6.11. The van der Waals surface area contributed by atoms with E-state index in [2.05, 4.69) is 30.5 Å². The van der Waals surface area contributed by atoms with Crippen LogP contribution in [0.2, 0.25) is 0 Å². The van der Waals surface area contributed by atoms with Crippen molar-refractivity contribution >= 4 is 17.3 Å². The summed E-state index contributed by atoms with van der Waals surface area (Å²) in [6.45, 7) is 3.14. The molecular weight excluding hydrogens is 468 g/mol. The molecule has 1 atom stereocenters. The number of aromatic nitrogens is 3. The van der Waals surface area contributed by atoms with Gasteiger partial charge in [-0.15, -0.1) is 0 Å². The van der Waals surface area contributed by atoms with Gasteiger partial charge in [0.2, 0.25) is 5.95 Å². The summed E-state index contributed by atoms with van der Waals surface area (Å²) in [5.41, 5.74) is 2.61. The Labute approximate surface area is 207 Å². The number of halogens is 2. The summed E-state index contributed by atoms with van der Waals surface area (Å²) in [5, 5.41) is 15.4. The van der Waals surface area contributed by atoms with Gasteiger partial charge in [0.1, 0.15) is 18.1 Å². The first-order valence-corrected chi connectivity index (χ1v) is 11.7. The zero-order valence-electron chi connectivity index (χ0n) is 19.5. The van der Waals surface area contributed by atoms with Crippen molar-refractivity contribution in [3.8, 4) is 23.2 Å². The lowest BCUT2D eigenvalue weighted by atomic mass is 10.0. The highest BCUT2D eigenvalue weighted by Gasteiger charge is 2.43. The van der Waals surface area contributed by atoms with E-state index < -0.39 is 18.6 Å². The number of ether oxygens (including phenoxy) is 2. The number of anilines is 3. The fraction of sp³-hybridized carbons (Fsp3) is 0.360. The largest absolute Gasteiger partial charge is 0.483 e. The number of piperidine rings is 1. The van der Waals surface area contributed by atoms with E-state index in [1.54, 1.807) is 6.07 Å². The van der Waals surface area contributed by atoms with Gasteiger partial charge in [-0.3, -0.25) is 0 Å². The Morgan fingerprint density at radius 2 is 1.94 bits per heavy atom. The molecule has 0 bridgehead atoms. The quantitative estimate of drug-likeness (QED) is 0.534. The third-order valence-corrected chi connectivity index (χ3v) is 6.11. The molecule has 0 saturated carbocycles. The van der Waals surface area contributed by atoms with Crippen LogP contribution in [0.4, 0.5) is 26.1 Å². The van der Waals surface area contributed by atoms with Gasteiger partial charge in [0.05, 0.1) is 25.3 Å². The van der Waals surface area contributed by atoms with E-state index in [1.165, 1.54) is 18.5 Å². The number of nitriles is 1.